The second-order valence-electron chi connectivity index (χ2n) is 4.93. The largest absolute Gasteiger partial charge is 0.319 e. The Morgan fingerprint density at radius 2 is 2.11 bits per heavy atom. The summed E-state index contributed by atoms with van der Waals surface area (Å²) in [4.78, 5) is 12.3. The van der Waals surface area contributed by atoms with Gasteiger partial charge >= 0.3 is 0 Å². The molecule has 0 spiro atoms. The highest BCUT2D eigenvalue weighted by Crippen LogP contribution is 2.23. The Balaban J connectivity index is 2.94. The predicted octanol–water partition coefficient (Wildman–Crippen LogP) is 2.60. The highest BCUT2D eigenvalue weighted by Gasteiger charge is 2.29. The van der Waals surface area contributed by atoms with E-state index in [1.165, 1.54) is 0 Å². The summed E-state index contributed by atoms with van der Waals surface area (Å²) in [7, 11) is 0. The minimum atomic E-state index is -0.745. The number of aryl methyl sites for hydroxylation is 2. The fourth-order valence-corrected chi connectivity index (χ4v) is 2.47. The molecule has 5 heteroatoms. The Hall–Kier alpha value is -0.680. The van der Waals surface area contributed by atoms with Gasteiger partial charge in [0.1, 0.15) is 0 Å². The number of nitrogens with zero attached hydrogens (tertiary/aromatic N) is 2. The van der Waals surface area contributed by atoms with Crippen LogP contribution < -0.4 is 5.73 Å². The van der Waals surface area contributed by atoms with Crippen molar-refractivity contribution in [1.82, 2.24) is 9.78 Å². The van der Waals surface area contributed by atoms with Crippen molar-refractivity contribution >= 4 is 21.7 Å². The van der Waals surface area contributed by atoms with Gasteiger partial charge in [-0.3, -0.25) is 9.48 Å². The molecular weight excluding hydrogens is 294 g/mol. The minimum absolute atomic E-state index is 0.0691. The number of carbonyl (C=O) groups excluding carboxylic acids is 1. The van der Waals surface area contributed by atoms with Gasteiger partial charge < -0.3 is 5.73 Å². The van der Waals surface area contributed by atoms with Gasteiger partial charge in [0, 0.05) is 6.54 Å². The van der Waals surface area contributed by atoms with Crippen LogP contribution >= 0.6 is 15.9 Å². The molecule has 0 aliphatic rings. The fourth-order valence-electron chi connectivity index (χ4n) is 2.05. The van der Waals surface area contributed by atoms with E-state index in [1.807, 2.05) is 32.4 Å². The van der Waals surface area contributed by atoms with Crippen molar-refractivity contribution in [2.75, 3.05) is 0 Å². The Morgan fingerprint density at radius 1 is 1.50 bits per heavy atom. The van der Waals surface area contributed by atoms with Crippen molar-refractivity contribution in [2.45, 2.75) is 59.0 Å². The average Bonchev–Trinajstić information content (AvgIpc) is 2.56. The fraction of sp³-hybridized carbons (Fsp3) is 0.692. The molecule has 1 aromatic heterocycles. The molecule has 0 aliphatic heterocycles. The van der Waals surface area contributed by atoms with Crippen molar-refractivity contribution in [3.63, 3.8) is 0 Å². The van der Waals surface area contributed by atoms with Gasteiger partial charge in [-0.15, -0.1) is 0 Å². The summed E-state index contributed by atoms with van der Waals surface area (Å²) in [5.74, 6) is 0.0691. The van der Waals surface area contributed by atoms with Crippen LogP contribution in [0.25, 0.3) is 0 Å². The summed E-state index contributed by atoms with van der Waals surface area (Å²) >= 11 is 3.50. The van der Waals surface area contributed by atoms with Crippen molar-refractivity contribution in [3.05, 3.63) is 15.9 Å². The van der Waals surface area contributed by atoms with Gasteiger partial charge in [0.2, 0.25) is 0 Å². The lowest BCUT2D eigenvalue weighted by molar-refractivity contribution is -0.123. The van der Waals surface area contributed by atoms with Crippen LogP contribution in [0.1, 0.15) is 45.0 Å². The minimum Gasteiger partial charge on any atom is -0.319 e. The van der Waals surface area contributed by atoms with E-state index in [-0.39, 0.29) is 5.78 Å². The SMILES string of the molecule is CCCC(C)(N)C(=O)Cc1c(Br)c(C)nn1CC. The first-order chi connectivity index (χ1) is 8.33. The number of nitrogens with two attached hydrogens (primary N) is 1. The first kappa shape index (κ1) is 15.4. The molecule has 0 saturated carbocycles. The smallest absolute Gasteiger partial charge is 0.158 e. The third-order valence-electron chi connectivity index (χ3n) is 3.19. The molecule has 0 saturated heterocycles. The summed E-state index contributed by atoms with van der Waals surface area (Å²) in [6.45, 7) is 8.55. The van der Waals surface area contributed by atoms with E-state index < -0.39 is 5.54 Å². The van der Waals surface area contributed by atoms with Crippen LogP contribution in [0.5, 0.6) is 0 Å². The van der Waals surface area contributed by atoms with Gasteiger partial charge in [0.25, 0.3) is 0 Å². The molecule has 1 unspecified atom stereocenters. The molecule has 0 fully saturated rings. The molecule has 0 aromatic carbocycles. The molecule has 1 aromatic rings. The Bertz CT molecular complexity index is 438. The number of Topliss-reactive ketones (excluding diaryl/α,β-unsaturated/α-hetero) is 1. The van der Waals surface area contributed by atoms with Crippen molar-refractivity contribution in [1.29, 1.82) is 0 Å². The quantitative estimate of drug-likeness (QED) is 0.877. The van der Waals surface area contributed by atoms with E-state index in [4.69, 9.17) is 5.73 Å². The molecule has 0 radical (unpaired) electrons. The van der Waals surface area contributed by atoms with Gasteiger partial charge in [-0.25, -0.2) is 0 Å². The second kappa shape index (κ2) is 5.97. The number of halogens is 1. The number of aromatic nitrogens is 2. The van der Waals surface area contributed by atoms with Crippen LogP contribution in [-0.2, 0) is 17.8 Å². The first-order valence-corrected chi connectivity index (χ1v) is 7.16. The van der Waals surface area contributed by atoms with Gasteiger partial charge in [0.05, 0.1) is 27.8 Å². The Labute approximate surface area is 117 Å². The predicted molar refractivity (Wildman–Crippen MR) is 76.5 cm³/mol. The van der Waals surface area contributed by atoms with Crippen molar-refractivity contribution in [3.8, 4) is 0 Å². The third-order valence-corrected chi connectivity index (χ3v) is 4.22. The third kappa shape index (κ3) is 3.20. The lowest BCUT2D eigenvalue weighted by Crippen LogP contribution is -2.45. The van der Waals surface area contributed by atoms with Crippen LogP contribution in [0.15, 0.2) is 4.47 Å². The topological polar surface area (TPSA) is 60.9 Å². The molecular formula is C13H22BrN3O. The van der Waals surface area contributed by atoms with Gasteiger partial charge in [-0.1, -0.05) is 13.3 Å². The molecule has 2 N–H and O–H groups in total. The number of carbonyl (C=O) groups is 1. The van der Waals surface area contributed by atoms with Gasteiger partial charge in [-0.05, 0) is 43.1 Å². The first-order valence-electron chi connectivity index (χ1n) is 6.37. The molecule has 1 rings (SSSR count). The van der Waals surface area contributed by atoms with E-state index in [2.05, 4.69) is 21.0 Å². The maximum absolute atomic E-state index is 12.3. The highest BCUT2D eigenvalue weighted by atomic mass is 79.9. The zero-order valence-corrected chi connectivity index (χ0v) is 13.2. The molecule has 1 atom stereocenters. The van der Waals surface area contributed by atoms with E-state index in [1.54, 1.807) is 0 Å². The lowest BCUT2D eigenvalue weighted by atomic mass is 9.90. The number of ketones is 1. The van der Waals surface area contributed by atoms with Gasteiger partial charge in [0.15, 0.2) is 5.78 Å². The summed E-state index contributed by atoms with van der Waals surface area (Å²) in [6.07, 6.45) is 1.96. The molecule has 18 heavy (non-hydrogen) atoms. The van der Waals surface area contributed by atoms with Gasteiger partial charge in [-0.2, -0.15) is 5.10 Å². The lowest BCUT2D eigenvalue weighted by Gasteiger charge is -2.22. The molecule has 102 valence electrons. The molecule has 0 amide bonds. The summed E-state index contributed by atoms with van der Waals surface area (Å²) < 4.78 is 2.78. The highest BCUT2D eigenvalue weighted by molar-refractivity contribution is 9.10. The van der Waals surface area contributed by atoms with Crippen LogP contribution in [0.2, 0.25) is 0 Å². The van der Waals surface area contributed by atoms with Crippen molar-refractivity contribution < 1.29 is 4.79 Å². The zero-order chi connectivity index (χ0) is 13.9. The maximum atomic E-state index is 12.3. The van der Waals surface area contributed by atoms with E-state index in [0.717, 1.165) is 28.8 Å². The standard InChI is InChI=1S/C13H22BrN3O/c1-5-7-13(4,15)11(18)8-10-12(14)9(3)16-17(10)6-2/h5-8,15H2,1-4H3. The average molecular weight is 316 g/mol. The van der Waals surface area contributed by atoms with Crippen LogP contribution in [0.3, 0.4) is 0 Å². The molecule has 4 nitrogen and oxygen atoms in total. The van der Waals surface area contributed by atoms with Crippen LogP contribution in [-0.4, -0.2) is 21.1 Å². The van der Waals surface area contributed by atoms with E-state index >= 15 is 0 Å². The molecule has 1 heterocycles. The van der Waals surface area contributed by atoms with Crippen LogP contribution in [0.4, 0.5) is 0 Å². The van der Waals surface area contributed by atoms with E-state index in [9.17, 15) is 4.79 Å². The summed E-state index contributed by atoms with van der Waals surface area (Å²) in [5.41, 5.74) is 7.16. The normalized spacial score (nSPS) is 14.6. The summed E-state index contributed by atoms with van der Waals surface area (Å²) in [6, 6.07) is 0. The monoisotopic (exact) mass is 315 g/mol. The maximum Gasteiger partial charge on any atom is 0.158 e. The molecule has 0 aliphatic carbocycles. The van der Waals surface area contributed by atoms with E-state index in [0.29, 0.717) is 12.8 Å². The number of hydrogen-bond acceptors (Lipinski definition) is 3. The Morgan fingerprint density at radius 3 is 2.61 bits per heavy atom. The van der Waals surface area contributed by atoms with Crippen molar-refractivity contribution in [2.24, 2.45) is 5.73 Å². The molecule has 0 bridgehead atoms. The van der Waals surface area contributed by atoms with Crippen LogP contribution in [0, 0.1) is 6.92 Å². The number of hydrogen-bond donors (Lipinski definition) is 1. The Kier molecular flexibility index (Phi) is 5.10. The zero-order valence-electron chi connectivity index (χ0n) is 11.6. The number of rotatable bonds is 6. The second-order valence-corrected chi connectivity index (χ2v) is 5.72. The summed E-state index contributed by atoms with van der Waals surface area (Å²) in [5, 5.41) is 4.39.